The Labute approximate surface area is 70.3 Å². The van der Waals surface area contributed by atoms with Crippen molar-refractivity contribution in [3.8, 4) is 0 Å². The van der Waals surface area contributed by atoms with Crippen molar-refractivity contribution in [2.24, 2.45) is 4.99 Å². The molecule has 0 aromatic heterocycles. The average Bonchev–Trinajstić information content (AvgIpc) is 2.12. The highest BCUT2D eigenvalue weighted by molar-refractivity contribution is 6.25. The maximum Gasteiger partial charge on any atom is 0.196 e. The minimum absolute atomic E-state index is 0.0272. The van der Waals surface area contributed by atoms with E-state index in [1.165, 1.54) is 6.21 Å². The SMILES string of the molecule is C=C1C=Nc2ccccc2C1=O. The molecule has 2 heteroatoms. The van der Waals surface area contributed by atoms with Crippen molar-refractivity contribution in [3.05, 3.63) is 42.0 Å². The second-order valence-electron chi connectivity index (χ2n) is 2.63. The maximum absolute atomic E-state index is 11.4. The van der Waals surface area contributed by atoms with Crippen LogP contribution in [0.1, 0.15) is 10.4 Å². The monoisotopic (exact) mass is 157 g/mol. The molecule has 0 spiro atoms. The molecule has 1 aromatic rings. The molecule has 1 aliphatic heterocycles. The number of rotatable bonds is 0. The van der Waals surface area contributed by atoms with Crippen LogP contribution in [0.25, 0.3) is 0 Å². The molecule has 1 aliphatic rings. The number of carbonyl (C=O) groups excluding carboxylic acids is 1. The Morgan fingerprint density at radius 1 is 1.25 bits per heavy atom. The maximum atomic E-state index is 11.4. The second-order valence-corrected chi connectivity index (χ2v) is 2.63. The highest BCUT2D eigenvalue weighted by Crippen LogP contribution is 2.24. The van der Waals surface area contributed by atoms with Crippen molar-refractivity contribution in [1.29, 1.82) is 0 Å². The van der Waals surface area contributed by atoms with Crippen LogP contribution in [0.15, 0.2) is 41.4 Å². The largest absolute Gasteiger partial charge is 0.288 e. The first-order valence-electron chi connectivity index (χ1n) is 3.66. The highest BCUT2D eigenvalue weighted by atomic mass is 16.1. The normalized spacial score (nSPS) is 14.7. The number of hydrogen-bond acceptors (Lipinski definition) is 2. The van der Waals surface area contributed by atoms with E-state index in [9.17, 15) is 4.79 Å². The van der Waals surface area contributed by atoms with Gasteiger partial charge in [-0.05, 0) is 12.1 Å². The predicted octanol–water partition coefficient (Wildman–Crippen LogP) is 2.14. The Morgan fingerprint density at radius 2 is 2.00 bits per heavy atom. The van der Waals surface area contributed by atoms with Gasteiger partial charge in [0.15, 0.2) is 5.78 Å². The summed E-state index contributed by atoms with van der Waals surface area (Å²) in [5.41, 5.74) is 1.83. The van der Waals surface area contributed by atoms with Crippen LogP contribution in [0.4, 0.5) is 5.69 Å². The summed E-state index contributed by atoms with van der Waals surface area (Å²) in [6.45, 7) is 3.60. The molecule has 0 aliphatic carbocycles. The summed E-state index contributed by atoms with van der Waals surface area (Å²) in [5.74, 6) is -0.0272. The smallest absolute Gasteiger partial charge is 0.196 e. The summed E-state index contributed by atoms with van der Waals surface area (Å²) in [6.07, 6.45) is 1.50. The van der Waals surface area contributed by atoms with E-state index < -0.39 is 0 Å². The van der Waals surface area contributed by atoms with Gasteiger partial charge in [0.25, 0.3) is 0 Å². The van der Waals surface area contributed by atoms with Crippen molar-refractivity contribution < 1.29 is 4.79 Å². The fourth-order valence-electron chi connectivity index (χ4n) is 1.16. The zero-order valence-electron chi connectivity index (χ0n) is 6.45. The third-order valence-electron chi connectivity index (χ3n) is 1.80. The molecule has 0 N–H and O–H groups in total. The van der Waals surface area contributed by atoms with Gasteiger partial charge in [-0.3, -0.25) is 9.79 Å². The van der Waals surface area contributed by atoms with Gasteiger partial charge in [-0.15, -0.1) is 0 Å². The van der Waals surface area contributed by atoms with Crippen LogP contribution < -0.4 is 0 Å². The number of benzene rings is 1. The number of nitrogens with zero attached hydrogens (tertiary/aromatic N) is 1. The first kappa shape index (κ1) is 6.98. The molecule has 1 heterocycles. The van der Waals surface area contributed by atoms with Gasteiger partial charge >= 0.3 is 0 Å². The zero-order chi connectivity index (χ0) is 8.55. The van der Waals surface area contributed by atoms with Crippen LogP contribution >= 0.6 is 0 Å². The van der Waals surface area contributed by atoms with E-state index in [4.69, 9.17) is 0 Å². The quantitative estimate of drug-likeness (QED) is 0.530. The number of ketones is 1. The lowest BCUT2D eigenvalue weighted by Gasteiger charge is -2.08. The number of carbonyl (C=O) groups is 1. The van der Waals surface area contributed by atoms with Gasteiger partial charge in [-0.25, -0.2) is 0 Å². The van der Waals surface area contributed by atoms with E-state index >= 15 is 0 Å². The number of fused-ring (bicyclic) bond motifs is 1. The molecule has 58 valence electrons. The van der Waals surface area contributed by atoms with Crippen LogP contribution in [0.5, 0.6) is 0 Å². The average molecular weight is 157 g/mol. The van der Waals surface area contributed by atoms with E-state index in [1.807, 2.05) is 18.2 Å². The van der Waals surface area contributed by atoms with Crippen LogP contribution in [0.2, 0.25) is 0 Å². The Kier molecular flexibility index (Phi) is 1.40. The lowest BCUT2D eigenvalue weighted by atomic mass is 10.0. The summed E-state index contributed by atoms with van der Waals surface area (Å²) in [5, 5.41) is 0. The molecular weight excluding hydrogens is 150 g/mol. The number of allylic oxidation sites excluding steroid dienone is 1. The van der Waals surface area contributed by atoms with E-state index in [1.54, 1.807) is 6.07 Å². The first-order chi connectivity index (χ1) is 5.79. The molecule has 0 saturated heterocycles. The van der Waals surface area contributed by atoms with Crippen molar-refractivity contribution in [1.82, 2.24) is 0 Å². The third-order valence-corrected chi connectivity index (χ3v) is 1.80. The molecule has 0 bridgehead atoms. The Morgan fingerprint density at radius 3 is 2.83 bits per heavy atom. The second kappa shape index (κ2) is 2.41. The van der Waals surface area contributed by atoms with Gasteiger partial charge in [0.2, 0.25) is 0 Å². The van der Waals surface area contributed by atoms with Gasteiger partial charge in [-0.1, -0.05) is 18.7 Å². The predicted molar refractivity (Wildman–Crippen MR) is 48.1 cm³/mol. The van der Waals surface area contributed by atoms with Gasteiger partial charge < -0.3 is 0 Å². The number of Topliss-reactive ketones (excluding diaryl/α,β-unsaturated/α-hetero) is 1. The number of para-hydroxylation sites is 1. The summed E-state index contributed by atoms with van der Waals surface area (Å²) < 4.78 is 0. The lowest BCUT2D eigenvalue weighted by molar-refractivity contribution is 0.104. The van der Waals surface area contributed by atoms with Crippen molar-refractivity contribution in [2.45, 2.75) is 0 Å². The van der Waals surface area contributed by atoms with Crippen LogP contribution in [0, 0.1) is 0 Å². The molecule has 0 atom stereocenters. The molecule has 0 amide bonds. The van der Waals surface area contributed by atoms with Crippen LogP contribution in [0.3, 0.4) is 0 Å². The van der Waals surface area contributed by atoms with Crippen molar-refractivity contribution in [2.75, 3.05) is 0 Å². The molecular formula is C10H7NO. The van der Waals surface area contributed by atoms with Gasteiger partial charge in [0, 0.05) is 17.4 Å². The van der Waals surface area contributed by atoms with Crippen molar-refractivity contribution in [3.63, 3.8) is 0 Å². The molecule has 0 unspecified atom stereocenters. The molecule has 12 heavy (non-hydrogen) atoms. The van der Waals surface area contributed by atoms with E-state index in [0.29, 0.717) is 11.1 Å². The summed E-state index contributed by atoms with van der Waals surface area (Å²) >= 11 is 0. The van der Waals surface area contributed by atoms with Crippen molar-refractivity contribution >= 4 is 17.7 Å². The summed E-state index contributed by atoms with van der Waals surface area (Å²) in [4.78, 5) is 15.5. The summed E-state index contributed by atoms with van der Waals surface area (Å²) in [6, 6.07) is 7.26. The molecule has 2 rings (SSSR count). The Hall–Kier alpha value is -1.70. The van der Waals surface area contributed by atoms with Gasteiger partial charge in [0.05, 0.1) is 5.69 Å². The molecule has 2 nitrogen and oxygen atoms in total. The topological polar surface area (TPSA) is 29.4 Å². The van der Waals surface area contributed by atoms with Gasteiger partial charge in [0.1, 0.15) is 0 Å². The minimum atomic E-state index is -0.0272. The zero-order valence-corrected chi connectivity index (χ0v) is 6.45. The van der Waals surface area contributed by atoms with Gasteiger partial charge in [-0.2, -0.15) is 0 Å². The third kappa shape index (κ3) is 0.889. The number of hydrogen-bond donors (Lipinski definition) is 0. The number of aliphatic imine (C=N–C) groups is 1. The first-order valence-corrected chi connectivity index (χ1v) is 3.66. The molecule has 0 fully saturated rings. The molecule has 1 aromatic carbocycles. The van der Waals surface area contributed by atoms with Crippen LogP contribution in [-0.2, 0) is 0 Å². The minimum Gasteiger partial charge on any atom is -0.288 e. The summed E-state index contributed by atoms with van der Waals surface area (Å²) in [7, 11) is 0. The highest BCUT2D eigenvalue weighted by Gasteiger charge is 2.15. The molecule has 0 radical (unpaired) electrons. The Balaban J connectivity index is 2.67. The van der Waals surface area contributed by atoms with E-state index in [0.717, 1.165) is 5.69 Å². The Bertz CT molecular complexity index is 391. The standard InChI is InChI=1S/C10H7NO/c1-7-6-11-9-5-3-2-4-8(9)10(7)12/h2-6H,1H2. The fraction of sp³-hybridized carbons (Fsp3) is 0. The van der Waals surface area contributed by atoms with E-state index in [-0.39, 0.29) is 5.78 Å². The fourth-order valence-corrected chi connectivity index (χ4v) is 1.16. The van der Waals surface area contributed by atoms with Crippen LogP contribution in [-0.4, -0.2) is 12.0 Å². The molecule has 0 saturated carbocycles. The van der Waals surface area contributed by atoms with E-state index in [2.05, 4.69) is 11.6 Å². The lowest BCUT2D eigenvalue weighted by Crippen LogP contribution is -2.07.